The molecule has 0 aromatic heterocycles. The summed E-state index contributed by atoms with van der Waals surface area (Å²) >= 11 is 1.60. The van der Waals surface area contributed by atoms with Crippen molar-refractivity contribution in [3.8, 4) is 11.2 Å². The lowest BCUT2D eigenvalue weighted by Gasteiger charge is -1.98. The molecular formula is C10H12N2S. The molecule has 0 bridgehead atoms. The minimum absolute atomic E-state index is 0.883. The van der Waals surface area contributed by atoms with Gasteiger partial charge in [0.25, 0.3) is 0 Å². The summed E-state index contributed by atoms with van der Waals surface area (Å²) in [5.41, 5.74) is 4.45. The fourth-order valence-electron chi connectivity index (χ4n) is 0.854. The average Bonchev–Trinajstić information content (AvgIpc) is 2.19. The summed E-state index contributed by atoms with van der Waals surface area (Å²) in [6.45, 7) is 2.08. The predicted octanol–water partition coefficient (Wildman–Crippen LogP) is 2.03. The van der Waals surface area contributed by atoms with Crippen molar-refractivity contribution in [2.45, 2.75) is 6.92 Å². The van der Waals surface area contributed by atoms with Crippen LogP contribution in [0.3, 0.4) is 0 Å². The second kappa shape index (κ2) is 5.52. The fourth-order valence-corrected chi connectivity index (χ4v) is 1.19. The topological polar surface area (TPSA) is 38.0 Å². The van der Waals surface area contributed by atoms with Crippen LogP contribution in [0.5, 0.6) is 0 Å². The van der Waals surface area contributed by atoms with Gasteiger partial charge in [-0.2, -0.15) is 0 Å². The SMILES string of the molecule is CCSC#Cc1cccc(NN)c1. The van der Waals surface area contributed by atoms with Crippen molar-refractivity contribution in [3.63, 3.8) is 0 Å². The number of nitrogens with two attached hydrogens (primary N) is 1. The molecule has 0 aliphatic rings. The van der Waals surface area contributed by atoms with Gasteiger partial charge < -0.3 is 5.43 Å². The van der Waals surface area contributed by atoms with Crippen molar-refractivity contribution < 1.29 is 0 Å². The number of nitrogen functional groups attached to an aromatic ring is 1. The number of thioether (sulfide) groups is 1. The second-order valence-corrected chi connectivity index (χ2v) is 3.46. The molecule has 1 aromatic carbocycles. The molecule has 0 aliphatic heterocycles. The van der Waals surface area contributed by atoms with E-state index in [-0.39, 0.29) is 0 Å². The monoisotopic (exact) mass is 192 g/mol. The molecule has 0 unspecified atom stereocenters. The third kappa shape index (κ3) is 3.41. The molecule has 68 valence electrons. The van der Waals surface area contributed by atoms with Crippen LogP contribution in [0.15, 0.2) is 24.3 Å². The zero-order valence-corrected chi connectivity index (χ0v) is 8.32. The minimum atomic E-state index is 0.883. The third-order valence-electron chi connectivity index (χ3n) is 1.44. The molecular weight excluding hydrogens is 180 g/mol. The number of rotatable bonds is 2. The molecule has 0 saturated heterocycles. The van der Waals surface area contributed by atoms with Crippen LogP contribution >= 0.6 is 11.8 Å². The molecule has 1 rings (SSSR count). The van der Waals surface area contributed by atoms with Crippen LogP contribution in [0.1, 0.15) is 12.5 Å². The molecule has 0 saturated carbocycles. The quantitative estimate of drug-likeness (QED) is 0.428. The van der Waals surface area contributed by atoms with Gasteiger partial charge in [0.05, 0.1) is 0 Å². The lowest BCUT2D eigenvalue weighted by atomic mass is 10.2. The van der Waals surface area contributed by atoms with Crippen LogP contribution in [-0.2, 0) is 0 Å². The fraction of sp³-hybridized carbons (Fsp3) is 0.200. The normalized spacial score (nSPS) is 8.77. The molecule has 3 N–H and O–H groups in total. The summed E-state index contributed by atoms with van der Waals surface area (Å²) < 4.78 is 0. The van der Waals surface area contributed by atoms with E-state index >= 15 is 0 Å². The van der Waals surface area contributed by atoms with Gasteiger partial charge >= 0.3 is 0 Å². The van der Waals surface area contributed by atoms with Gasteiger partial charge in [-0.05, 0) is 23.5 Å². The Morgan fingerprint density at radius 1 is 1.54 bits per heavy atom. The zero-order valence-electron chi connectivity index (χ0n) is 7.50. The lowest BCUT2D eigenvalue weighted by Crippen LogP contribution is -2.06. The number of benzene rings is 1. The van der Waals surface area contributed by atoms with E-state index in [4.69, 9.17) is 5.84 Å². The molecule has 0 spiro atoms. The zero-order chi connectivity index (χ0) is 9.52. The van der Waals surface area contributed by atoms with Gasteiger partial charge in [0, 0.05) is 17.0 Å². The summed E-state index contributed by atoms with van der Waals surface area (Å²) in [7, 11) is 0. The van der Waals surface area contributed by atoms with E-state index in [2.05, 4.69) is 23.5 Å². The van der Waals surface area contributed by atoms with Crippen molar-refractivity contribution in [3.05, 3.63) is 29.8 Å². The lowest BCUT2D eigenvalue weighted by molar-refractivity contribution is 1.35. The Balaban J connectivity index is 2.73. The Bertz CT molecular complexity index is 325. The van der Waals surface area contributed by atoms with Crippen LogP contribution in [0.4, 0.5) is 5.69 Å². The van der Waals surface area contributed by atoms with Gasteiger partial charge in [-0.25, -0.2) is 0 Å². The van der Waals surface area contributed by atoms with Gasteiger partial charge in [-0.15, -0.1) is 0 Å². The van der Waals surface area contributed by atoms with E-state index in [9.17, 15) is 0 Å². The predicted molar refractivity (Wildman–Crippen MR) is 59.3 cm³/mol. The molecule has 13 heavy (non-hydrogen) atoms. The Kier molecular flexibility index (Phi) is 4.24. The molecule has 0 aliphatic carbocycles. The Labute approximate surface area is 82.9 Å². The van der Waals surface area contributed by atoms with Crippen molar-refractivity contribution in [1.29, 1.82) is 0 Å². The highest BCUT2D eigenvalue weighted by molar-refractivity contribution is 8.03. The maximum absolute atomic E-state index is 5.27. The molecule has 0 fully saturated rings. The Morgan fingerprint density at radius 3 is 3.08 bits per heavy atom. The first-order valence-corrected chi connectivity index (χ1v) is 5.05. The van der Waals surface area contributed by atoms with Crippen LogP contribution in [0, 0.1) is 11.2 Å². The summed E-state index contributed by atoms with van der Waals surface area (Å²) in [4.78, 5) is 0. The average molecular weight is 192 g/mol. The summed E-state index contributed by atoms with van der Waals surface area (Å²) in [5, 5.41) is 3.00. The van der Waals surface area contributed by atoms with Gasteiger partial charge in [-0.1, -0.05) is 30.7 Å². The van der Waals surface area contributed by atoms with E-state index in [1.807, 2.05) is 24.3 Å². The maximum atomic E-state index is 5.27. The first-order chi connectivity index (χ1) is 6.36. The maximum Gasteiger partial charge on any atom is 0.0497 e. The number of hydrazine groups is 1. The largest absolute Gasteiger partial charge is 0.324 e. The van der Waals surface area contributed by atoms with E-state index in [0.717, 1.165) is 17.0 Å². The van der Waals surface area contributed by atoms with Crippen molar-refractivity contribution in [2.75, 3.05) is 11.2 Å². The summed E-state index contributed by atoms with van der Waals surface area (Å²) in [5.74, 6) is 9.32. The minimum Gasteiger partial charge on any atom is -0.324 e. The highest BCUT2D eigenvalue weighted by Gasteiger charge is 1.89. The molecule has 0 radical (unpaired) electrons. The number of hydrogen-bond acceptors (Lipinski definition) is 3. The van der Waals surface area contributed by atoms with E-state index in [1.54, 1.807) is 11.8 Å². The van der Waals surface area contributed by atoms with Crippen molar-refractivity contribution >= 4 is 17.4 Å². The number of anilines is 1. The molecule has 0 heterocycles. The molecule has 3 heteroatoms. The van der Waals surface area contributed by atoms with Crippen molar-refractivity contribution in [2.24, 2.45) is 5.84 Å². The van der Waals surface area contributed by atoms with Gasteiger partial charge in [0.1, 0.15) is 0 Å². The van der Waals surface area contributed by atoms with E-state index < -0.39 is 0 Å². The van der Waals surface area contributed by atoms with E-state index in [0.29, 0.717) is 0 Å². The van der Waals surface area contributed by atoms with E-state index in [1.165, 1.54) is 0 Å². The highest BCUT2D eigenvalue weighted by atomic mass is 32.2. The van der Waals surface area contributed by atoms with Gasteiger partial charge in [-0.3, -0.25) is 5.84 Å². The standard InChI is InChI=1S/C10H12N2S/c1-2-13-7-6-9-4-3-5-10(8-9)12-11/h3-5,8,12H,2,11H2,1H3. The van der Waals surface area contributed by atoms with Crippen LogP contribution in [-0.4, -0.2) is 5.75 Å². The smallest absolute Gasteiger partial charge is 0.0497 e. The summed E-state index contributed by atoms with van der Waals surface area (Å²) in [6.07, 6.45) is 0. The highest BCUT2D eigenvalue weighted by Crippen LogP contribution is 2.08. The first kappa shape index (κ1) is 9.97. The van der Waals surface area contributed by atoms with Crippen LogP contribution < -0.4 is 11.3 Å². The molecule has 1 aromatic rings. The number of hydrogen-bond donors (Lipinski definition) is 2. The Morgan fingerprint density at radius 2 is 2.38 bits per heavy atom. The Hall–Kier alpha value is -1.11. The third-order valence-corrected chi connectivity index (χ3v) is 1.98. The summed E-state index contributed by atoms with van der Waals surface area (Å²) in [6, 6.07) is 7.71. The molecule has 0 amide bonds. The molecule has 0 atom stereocenters. The van der Waals surface area contributed by atoms with Crippen molar-refractivity contribution in [1.82, 2.24) is 0 Å². The second-order valence-electron chi connectivity index (χ2n) is 2.39. The van der Waals surface area contributed by atoms with Gasteiger partial charge in [0.15, 0.2) is 0 Å². The number of nitrogens with one attached hydrogen (secondary N) is 1. The van der Waals surface area contributed by atoms with Crippen LogP contribution in [0.2, 0.25) is 0 Å². The molecule has 2 nitrogen and oxygen atoms in total. The van der Waals surface area contributed by atoms with Crippen LogP contribution in [0.25, 0.3) is 0 Å². The van der Waals surface area contributed by atoms with Gasteiger partial charge in [0.2, 0.25) is 0 Å². The first-order valence-electron chi connectivity index (χ1n) is 4.06.